The summed E-state index contributed by atoms with van der Waals surface area (Å²) in [6.45, 7) is 6.28. The van der Waals surface area contributed by atoms with Crippen molar-refractivity contribution in [3.8, 4) is 5.75 Å². The van der Waals surface area contributed by atoms with E-state index in [0.29, 0.717) is 5.95 Å². The molecule has 2 aromatic carbocycles. The Balaban J connectivity index is 1.66. The van der Waals surface area contributed by atoms with Gasteiger partial charge in [0.1, 0.15) is 5.75 Å². The molecule has 24 heavy (non-hydrogen) atoms. The fourth-order valence-corrected chi connectivity index (χ4v) is 2.54. The summed E-state index contributed by atoms with van der Waals surface area (Å²) in [6.07, 6.45) is 0. The molecule has 3 rings (SSSR count). The predicted octanol–water partition coefficient (Wildman–Crippen LogP) is 3.88. The number of para-hydroxylation sites is 3. The molecule has 0 bridgehead atoms. The van der Waals surface area contributed by atoms with Gasteiger partial charge in [-0.25, -0.2) is 4.98 Å². The standard InChI is InChI=1S/C19H21N3O2/c1-19(2,3)13-8-4-7-11-16(13)24-12-17(23)22-18-20-14-9-5-6-10-15(14)21-18/h4-11H,12H2,1-3H3,(H2,20,21,22,23). The lowest BCUT2D eigenvalue weighted by Gasteiger charge is -2.22. The minimum absolute atomic E-state index is 0.0498. The van der Waals surface area contributed by atoms with Crippen LogP contribution in [0.15, 0.2) is 48.5 Å². The third-order valence-corrected chi connectivity index (χ3v) is 3.70. The maximum absolute atomic E-state index is 12.1. The molecule has 0 atom stereocenters. The molecule has 5 heteroatoms. The van der Waals surface area contributed by atoms with Crippen molar-refractivity contribution in [3.63, 3.8) is 0 Å². The molecule has 0 aliphatic carbocycles. The first-order chi connectivity index (χ1) is 11.4. The van der Waals surface area contributed by atoms with Crippen molar-refractivity contribution in [2.75, 3.05) is 11.9 Å². The Bertz CT molecular complexity index is 829. The normalized spacial score (nSPS) is 11.5. The maximum atomic E-state index is 12.1. The largest absolute Gasteiger partial charge is 0.483 e. The number of rotatable bonds is 4. The van der Waals surface area contributed by atoms with Crippen LogP contribution in [0, 0.1) is 0 Å². The van der Waals surface area contributed by atoms with Gasteiger partial charge in [0.2, 0.25) is 5.95 Å². The van der Waals surface area contributed by atoms with Gasteiger partial charge in [-0.1, -0.05) is 51.1 Å². The van der Waals surface area contributed by atoms with Crippen LogP contribution in [-0.2, 0) is 10.2 Å². The number of carbonyl (C=O) groups is 1. The number of nitrogens with zero attached hydrogens (tertiary/aromatic N) is 1. The Labute approximate surface area is 141 Å². The summed E-state index contributed by atoms with van der Waals surface area (Å²) < 4.78 is 5.72. The van der Waals surface area contributed by atoms with Gasteiger partial charge >= 0.3 is 0 Å². The summed E-state index contributed by atoms with van der Waals surface area (Å²) in [5.41, 5.74) is 2.71. The lowest BCUT2D eigenvalue weighted by molar-refractivity contribution is -0.118. The lowest BCUT2D eigenvalue weighted by atomic mass is 9.86. The predicted molar refractivity (Wildman–Crippen MR) is 95.4 cm³/mol. The van der Waals surface area contributed by atoms with Crippen LogP contribution < -0.4 is 10.1 Å². The first-order valence-corrected chi connectivity index (χ1v) is 7.90. The van der Waals surface area contributed by atoms with E-state index >= 15 is 0 Å². The summed E-state index contributed by atoms with van der Waals surface area (Å²) in [7, 11) is 0. The number of hydrogen-bond donors (Lipinski definition) is 2. The number of aromatic amines is 1. The summed E-state index contributed by atoms with van der Waals surface area (Å²) in [4.78, 5) is 19.5. The fourth-order valence-electron chi connectivity index (χ4n) is 2.54. The summed E-state index contributed by atoms with van der Waals surface area (Å²) in [5.74, 6) is 0.899. The van der Waals surface area contributed by atoms with Crippen LogP contribution in [-0.4, -0.2) is 22.5 Å². The zero-order valence-corrected chi connectivity index (χ0v) is 14.1. The number of ether oxygens (including phenoxy) is 1. The van der Waals surface area contributed by atoms with Crippen LogP contribution >= 0.6 is 0 Å². The molecule has 0 spiro atoms. The molecule has 0 aliphatic rings. The molecule has 0 saturated carbocycles. The van der Waals surface area contributed by atoms with Crippen molar-refractivity contribution in [2.24, 2.45) is 0 Å². The molecule has 0 radical (unpaired) electrons. The minimum atomic E-state index is -0.252. The van der Waals surface area contributed by atoms with E-state index in [0.717, 1.165) is 22.3 Å². The van der Waals surface area contributed by atoms with Crippen molar-refractivity contribution < 1.29 is 9.53 Å². The number of H-pyrrole nitrogens is 1. The van der Waals surface area contributed by atoms with E-state index in [-0.39, 0.29) is 17.9 Å². The van der Waals surface area contributed by atoms with Gasteiger partial charge in [0, 0.05) is 0 Å². The Kier molecular flexibility index (Phi) is 4.25. The molecule has 0 fully saturated rings. The summed E-state index contributed by atoms with van der Waals surface area (Å²) in [6, 6.07) is 15.4. The molecule has 5 nitrogen and oxygen atoms in total. The second kappa shape index (κ2) is 6.35. The molecule has 124 valence electrons. The lowest BCUT2D eigenvalue weighted by Crippen LogP contribution is -2.22. The van der Waals surface area contributed by atoms with Crippen molar-refractivity contribution in [3.05, 3.63) is 54.1 Å². The van der Waals surface area contributed by atoms with Gasteiger partial charge in [0.05, 0.1) is 11.0 Å². The van der Waals surface area contributed by atoms with Gasteiger partial charge in [-0.15, -0.1) is 0 Å². The number of fused-ring (bicyclic) bond motifs is 1. The molecular formula is C19H21N3O2. The highest BCUT2D eigenvalue weighted by molar-refractivity contribution is 5.92. The third kappa shape index (κ3) is 3.56. The van der Waals surface area contributed by atoms with Crippen LogP contribution in [0.5, 0.6) is 5.75 Å². The number of carbonyl (C=O) groups excluding carboxylic acids is 1. The molecule has 0 saturated heterocycles. The average molecular weight is 323 g/mol. The van der Waals surface area contributed by atoms with E-state index in [1.807, 2.05) is 48.5 Å². The van der Waals surface area contributed by atoms with Gasteiger partial charge in [-0.2, -0.15) is 0 Å². The molecule has 1 aromatic heterocycles. The number of hydrogen-bond acceptors (Lipinski definition) is 3. The number of aromatic nitrogens is 2. The van der Waals surface area contributed by atoms with Gasteiger partial charge in [-0.3, -0.25) is 10.1 Å². The highest BCUT2D eigenvalue weighted by atomic mass is 16.5. The van der Waals surface area contributed by atoms with Crippen LogP contribution in [0.2, 0.25) is 0 Å². The van der Waals surface area contributed by atoms with Gasteiger partial charge < -0.3 is 9.72 Å². The minimum Gasteiger partial charge on any atom is -0.483 e. The number of anilines is 1. The summed E-state index contributed by atoms with van der Waals surface area (Å²) >= 11 is 0. The monoisotopic (exact) mass is 323 g/mol. The van der Waals surface area contributed by atoms with E-state index in [9.17, 15) is 4.79 Å². The maximum Gasteiger partial charge on any atom is 0.264 e. The SMILES string of the molecule is CC(C)(C)c1ccccc1OCC(=O)Nc1nc2ccccc2[nH]1. The van der Waals surface area contributed by atoms with Crippen LogP contribution in [0.1, 0.15) is 26.3 Å². The first kappa shape index (κ1) is 16.1. The Morgan fingerprint density at radius 1 is 1.12 bits per heavy atom. The van der Waals surface area contributed by atoms with Crippen LogP contribution in [0.25, 0.3) is 11.0 Å². The average Bonchev–Trinajstić information content (AvgIpc) is 2.94. The number of nitrogens with one attached hydrogen (secondary N) is 2. The van der Waals surface area contributed by atoms with Crippen LogP contribution in [0.3, 0.4) is 0 Å². The fraction of sp³-hybridized carbons (Fsp3) is 0.263. The Morgan fingerprint density at radius 3 is 2.58 bits per heavy atom. The van der Waals surface area contributed by atoms with E-state index in [2.05, 4.69) is 36.1 Å². The number of amides is 1. The first-order valence-electron chi connectivity index (χ1n) is 7.90. The molecular weight excluding hydrogens is 302 g/mol. The van der Waals surface area contributed by atoms with Crippen molar-refractivity contribution in [1.29, 1.82) is 0 Å². The summed E-state index contributed by atoms with van der Waals surface area (Å²) in [5, 5.41) is 2.73. The Hall–Kier alpha value is -2.82. The van der Waals surface area contributed by atoms with Gasteiger partial charge in [0.25, 0.3) is 5.91 Å². The van der Waals surface area contributed by atoms with E-state index in [4.69, 9.17) is 4.74 Å². The topological polar surface area (TPSA) is 67.0 Å². The van der Waals surface area contributed by atoms with Crippen molar-refractivity contribution in [2.45, 2.75) is 26.2 Å². The highest BCUT2D eigenvalue weighted by Gasteiger charge is 2.19. The molecule has 1 amide bonds. The van der Waals surface area contributed by atoms with E-state index < -0.39 is 0 Å². The molecule has 3 aromatic rings. The quantitative estimate of drug-likeness (QED) is 0.766. The third-order valence-electron chi connectivity index (χ3n) is 3.70. The van der Waals surface area contributed by atoms with E-state index in [1.165, 1.54) is 0 Å². The number of benzene rings is 2. The second-order valence-corrected chi connectivity index (χ2v) is 6.69. The van der Waals surface area contributed by atoms with E-state index in [1.54, 1.807) is 0 Å². The van der Waals surface area contributed by atoms with Crippen molar-refractivity contribution >= 4 is 22.9 Å². The Morgan fingerprint density at radius 2 is 1.83 bits per heavy atom. The van der Waals surface area contributed by atoms with Gasteiger partial charge in [-0.05, 0) is 29.2 Å². The van der Waals surface area contributed by atoms with Crippen molar-refractivity contribution in [1.82, 2.24) is 9.97 Å². The van der Waals surface area contributed by atoms with Crippen LogP contribution in [0.4, 0.5) is 5.95 Å². The zero-order valence-electron chi connectivity index (χ0n) is 14.1. The highest BCUT2D eigenvalue weighted by Crippen LogP contribution is 2.30. The smallest absolute Gasteiger partial charge is 0.264 e. The molecule has 0 unspecified atom stereocenters. The molecule has 0 aliphatic heterocycles. The molecule has 2 N–H and O–H groups in total. The second-order valence-electron chi connectivity index (χ2n) is 6.69. The van der Waals surface area contributed by atoms with Gasteiger partial charge in [0.15, 0.2) is 6.61 Å². The molecule has 1 heterocycles. The number of imidazole rings is 1. The zero-order chi connectivity index (χ0) is 17.2.